The highest BCUT2D eigenvalue weighted by Crippen LogP contribution is 2.29. The molecule has 0 radical (unpaired) electrons. The van der Waals surface area contributed by atoms with E-state index in [0.29, 0.717) is 13.2 Å². The molecule has 4 heteroatoms. The second-order valence-corrected chi connectivity index (χ2v) is 4.66. The summed E-state index contributed by atoms with van der Waals surface area (Å²) in [7, 11) is 3.29. The zero-order chi connectivity index (χ0) is 15.1. The van der Waals surface area contributed by atoms with Gasteiger partial charge in [-0.15, -0.1) is 0 Å². The van der Waals surface area contributed by atoms with Gasteiger partial charge in [0.05, 0.1) is 14.2 Å². The molecule has 0 spiro atoms. The maximum atomic E-state index is 5.88. The van der Waals surface area contributed by atoms with Crippen molar-refractivity contribution in [1.29, 1.82) is 0 Å². The number of ether oxygens (including phenoxy) is 3. The zero-order valence-corrected chi connectivity index (χ0v) is 12.5. The van der Waals surface area contributed by atoms with Crippen molar-refractivity contribution in [2.45, 2.75) is 13.0 Å². The summed E-state index contributed by atoms with van der Waals surface area (Å²) in [5.41, 5.74) is 7.77. The fourth-order valence-electron chi connectivity index (χ4n) is 2.08. The smallest absolute Gasteiger partial charge is 0.161 e. The first-order valence-electron chi connectivity index (χ1n) is 6.89. The van der Waals surface area contributed by atoms with Crippen molar-refractivity contribution in [1.82, 2.24) is 0 Å². The van der Waals surface area contributed by atoms with Gasteiger partial charge in [-0.05, 0) is 48.4 Å². The Hall–Kier alpha value is -2.20. The first-order valence-corrected chi connectivity index (χ1v) is 6.89. The van der Waals surface area contributed by atoms with Gasteiger partial charge in [0.25, 0.3) is 0 Å². The number of methoxy groups -OCH3 is 2. The van der Waals surface area contributed by atoms with E-state index in [1.165, 1.54) is 0 Å². The van der Waals surface area contributed by atoms with Crippen molar-refractivity contribution in [3.63, 3.8) is 0 Å². The Morgan fingerprint density at radius 2 is 1.76 bits per heavy atom. The number of rotatable bonds is 7. The number of hydrogen-bond acceptors (Lipinski definition) is 4. The molecule has 2 aromatic rings. The van der Waals surface area contributed by atoms with Crippen molar-refractivity contribution in [3.05, 3.63) is 53.6 Å². The highest BCUT2D eigenvalue weighted by atomic mass is 16.5. The summed E-state index contributed by atoms with van der Waals surface area (Å²) in [4.78, 5) is 0. The lowest BCUT2D eigenvalue weighted by atomic mass is 10.1. The third-order valence-corrected chi connectivity index (χ3v) is 3.19. The maximum Gasteiger partial charge on any atom is 0.161 e. The van der Waals surface area contributed by atoms with Crippen molar-refractivity contribution in [2.24, 2.45) is 5.73 Å². The van der Waals surface area contributed by atoms with Gasteiger partial charge in [-0.1, -0.05) is 18.2 Å². The fraction of sp³-hybridized carbons (Fsp3) is 0.294. The largest absolute Gasteiger partial charge is 0.497 e. The van der Waals surface area contributed by atoms with Crippen molar-refractivity contribution in [2.75, 3.05) is 20.8 Å². The van der Waals surface area contributed by atoms with Gasteiger partial charge >= 0.3 is 0 Å². The molecule has 0 saturated heterocycles. The van der Waals surface area contributed by atoms with E-state index in [1.54, 1.807) is 14.2 Å². The minimum absolute atomic E-state index is 0.458. The Morgan fingerprint density at radius 1 is 0.905 bits per heavy atom. The van der Waals surface area contributed by atoms with E-state index in [0.717, 1.165) is 34.8 Å². The van der Waals surface area contributed by atoms with Gasteiger partial charge in [0.1, 0.15) is 12.4 Å². The fourth-order valence-corrected chi connectivity index (χ4v) is 2.08. The van der Waals surface area contributed by atoms with Gasteiger partial charge in [-0.2, -0.15) is 0 Å². The second kappa shape index (κ2) is 7.55. The molecule has 0 unspecified atom stereocenters. The lowest BCUT2D eigenvalue weighted by Gasteiger charge is -2.12. The van der Waals surface area contributed by atoms with Gasteiger partial charge in [-0.3, -0.25) is 0 Å². The quantitative estimate of drug-likeness (QED) is 0.851. The Morgan fingerprint density at radius 3 is 2.48 bits per heavy atom. The number of benzene rings is 2. The van der Waals surface area contributed by atoms with E-state index in [4.69, 9.17) is 19.9 Å². The highest BCUT2D eigenvalue weighted by Gasteiger charge is 2.06. The van der Waals surface area contributed by atoms with Crippen LogP contribution in [0.3, 0.4) is 0 Å². The van der Waals surface area contributed by atoms with Crippen LogP contribution in [-0.4, -0.2) is 20.8 Å². The molecular weight excluding hydrogens is 266 g/mol. The lowest BCUT2D eigenvalue weighted by molar-refractivity contribution is 0.283. The average molecular weight is 287 g/mol. The molecule has 0 heterocycles. The lowest BCUT2D eigenvalue weighted by Crippen LogP contribution is -2.04. The second-order valence-electron chi connectivity index (χ2n) is 4.66. The van der Waals surface area contributed by atoms with Crippen LogP contribution in [0.25, 0.3) is 0 Å². The Balaban J connectivity index is 2.12. The van der Waals surface area contributed by atoms with Crippen molar-refractivity contribution < 1.29 is 14.2 Å². The van der Waals surface area contributed by atoms with E-state index >= 15 is 0 Å². The summed E-state index contributed by atoms with van der Waals surface area (Å²) in [5.74, 6) is 2.27. The number of hydrogen-bond donors (Lipinski definition) is 1. The molecule has 2 N–H and O–H groups in total. The van der Waals surface area contributed by atoms with Gasteiger partial charge in [-0.25, -0.2) is 0 Å². The average Bonchev–Trinajstić information content (AvgIpc) is 2.53. The molecule has 0 aliphatic heterocycles. The van der Waals surface area contributed by atoms with Crippen LogP contribution in [0, 0.1) is 0 Å². The van der Waals surface area contributed by atoms with Crippen LogP contribution in [0.4, 0.5) is 0 Å². The molecule has 21 heavy (non-hydrogen) atoms. The van der Waals surface area contributed by atoms with E-state index in [-0.39, 0.29) is 0 Å². The molecule has 0 amide bonds. The van der Waals surface area contributed by atoms with E-state index in [2.05, 4.69) is 0 Å². The third kappa shape index (κ3) is 4.13. The van der Waals surface area contributed by atoms with Crippen molar-refractivity contribution in [3.8, 4) is 17.2 Å². The predicted molar refractivity (Wildman–Crippen MR) is 83.1 cm³/mol. The summed E-state index contributed by atoms with van der Waals surface area (Å²) in [6, 6.07) is 13.7. The van der Waals surface area contributed by atoms with Crippen LogP contribution >= 0.6 is 0 Å². The van der Waals surface area contributed by atoms with Crippen LogP contribution in [0.1, 0.15) is 11.1 Å². The van der Waals surface area contributed by atoms with Crippen LogP contribution in [0.2, 0.25) is 0 Å². The standard InChI is InChI=1S/C17H21NO3/c1-19-15-5-3-4-14(10-15)12-21-17-11-13(8-9-18)6-7-16(17)20-2/h3-7,10-11H,8-9,12,18H2,1-2H3. The van der Waals surface area contributed by atoms with E-state index in [1.807, 2.05) is 42.5 Å². The van der Waals surface area contributed by atoms with Crippen LogP contribution in [0.15, 0.2) is 42.5 Å². The molecule has 0 atom stereocenters. The molecule has 0 fully saturated rings. The summed E-state index contributed by atoms with van der Waals surface area (Å²) in [6.45, 7) is 1.07. The predicted octanol–water partition coefficient (Wildman–Crippen LogP) is 2.78. The van der Waals surface area contributed by atoms with E-state index in [9.17, 15) is 0 Å². The molecule has 0 aliphatic rings. The topological polar surface area (TPSA) is 53.7 Å². The van der Waals surface area contributed by atoms with E-state index < -0.39 is 0 Å². The summed E-state index contributed by atoms with van der Waals surface area (Å²) in [5, 5.41) is 0. The molecule has 4 nitrogen and oxygen atoms in total. The highest BCUT2D eigenvalue weighted by molar-refractivity contribution is 5.43. The third-order valence-electron chi connectivity index (χ3n) is 3.19. The molecule has 2 rings (SSSR count). The van der Waals surface area contributed by atoms with Crippen LogP contribution < -0.4 is 19.9 Å². The van der Waals surface area contributed by atoms with Gasteiger partial charge in [0, 0.05) is 0 Å². The first-order chi connectivity index (χ1) is 10.3. The van der Waals surface area contributed by atoms with Gasteiger partial charge in [0.2, 0.25) is 0 Å². The Bertz CT molecular complexity index is 584. The van der Waals surface area contributed by atoms with Crippen LogP contribution in [0.5, 0.6) is 17.2 Å². The molecule has 2 aromatic carbocycles. The number of nitrogens with two attached hydrogens (primary N) is 1. The molecule has 0 bridgehead atoms. The SMILES string of the molecule is COc1cccc(COc2cc(CCN)ccc2OC)c1. The normalized spacial score (nSPS) is 10.2. The molecule has 0 aliphatic carbocycles. The molecular formula is C17H21NO3. The van der Waals surface area contributed by atoms with Crippen molar-refractivity contribution >= 4 is 0 Å². The molecule has 0 aromatic heterocycles. The monoisotopic (exact) mass is 287 g/mol. The van der Waals surface area contributed by atoms with Gasteiger partial charge < -0.3 is 19.9 Å². The first kappa shape index (κ1) is 15.2. The van der Waals surface area contributed by atoms with Crippen LogP contribution in [-0.2, 0) is 13.0 Å². The summed E-state index contributed by atoms with van der Waals surface area (Å²) < 4.78 is 16.4. The Kier molecular flexibility index (Phi) is 5.46. The molecule has 112 valence electrons. The minimum atomic E-state index is 0.458. The zero-order valence-electron chi connectivity index (χ0n) is 12.5. The maximum absolute atomic E-state index is 5.88. The Labute approximate surface area is 125 Å². The molecule has 0 saturated carbocycles. The minimum Gasteiger partial charge on any atom is -0.497 e. The summed E-state index contributed by atoms with van der Waals surface area (Å²) >= 11 is 0. The van der Waals surface area contributed by atoms with Gasteiger partial charge in [0.15, 0.2) is 11.5 Å². The summed E-state index contributed by atoms with van der Waals surface area (Å²) in [6.07, 6.45) is 0.819.